The number of hydrogen-bond acceptors (Lipinski definition) is 2. The lowest BCUT2D eigenvalue weighted by atomic mass is 9.59. The Morgan fingerprint density at radius 3 is 2.34 bits per heavy atom. The Morgan fingerprint density at radius 1 is 0.969 bits per heavy atom. The van der Waals surface area contributed by atoms with E-state index in [0.29, 0.717) is 30.2 Å². The second kappa shape index (κ2) is 9.56. The zero-order valence-electron chi connectivity index (χ0n) is 18.4. The minimum Gasteiger partial charge on any atom is -0.423 e. The first-order valence-electron chi connectivity index (χ1n) is 12.0. The highest BCUT2D eigenvalue weighted by Gasteiger charge is 2.43. The molecule has 3 fully saturated rings. The largest absolute Gasteiger partial charge is 0.423 e. The van der Waals surface area contributed by atoms with Crippen LogP contribution < -0.4 is 4.74 Å². The third kappa shape index (κ3) is 5.04. The van der Waals surface area contributed by atoms with E-state index in [1.807, 2.05) is 0 Å². The summed E-state index contributed by atoms with van der Waals surface area (Å²) in [5, 5.41) is 0. The molecule has 2 nitrogen and oxygen atoms in total. The van der Waals surface area contributed by atoms with Crippen LogP contribution in [0.2, 0.25) is 0 Å². The van der Waals surface area contributed by atoms with E-state index in [-0.39, 0.29) is 11.8 Å². The average molecular weight is 453 g/mol. The van der Waals surface area contributed by atoms with Crippen molar-refractivity contribution in [2.45, 2.75) is 70.4 Å². The van der Waals surface area contributed by atoms with Crippen molar-refractivity contribution in [1.82, 2.24) is 0 Å². The van der Waals surface area contributed by atoms with Gasteiger partial charge in [-0.3, -0.25) is 4.79 Å². The number of carbonyl (C=O) groups is 1. The molecule has 3 aliphatic carbocycles. The van der Waals surface area contributed by atoms with Gasteiger partial charge in [-0.15, -0.1) is 6.58 Å². The van der Waals surface area contributed by atoms with Gasteiger partial charge in [0.15, 0.2) is 11.6 Å². The smallest absolute Gasteiger partial charge is 0.416 e. The number of ether oxygens (including phenoxy) is 1. The van der Waals surface area contributed by atoms with Crippen molar-refractivity contribution in [2.24, 2.45) is 35.5 Å². The maximum absolute atomic E-state index is 14.2. The van der Waals surface area contributed by atoms with Crippen molar-refractivity contribution in [2.75, 3.05) is 0 Å². The van der Waals surface area contributed by atoms with Crippen LogP contribution in [0.15, 0.2) is 30.9 Å². The molecule has 0 spiro atoms. The predicted molar refractivity (Wildman–Crippen MR) is 114 cm³/mol. The molecule has 0 bridgehead atoms. The molecule has 3 aliphatic rings. The number of halogens is 4. The molecule has 0 amide bonds. The quantitative estimate of drug-likeness (QED) is 0.204. The Kier molecular flexibility index (Phi) is 6.97. The normalized spacial score (nSPS) is 33.2. The maximum atomic E-state index is 14.2. The maximum Gasteiger partial charge on any atom is 0.416 e. The van der Waals surface area contributed by atoms with Gasteiger partial charge in [-0.1, -0.05) is 18.9 Å². The number of esters is 1. The molecule has 4 rings (SSSR count). The van der Waals surface area contributed by atoms with Crippen LogP contribution in [-0.2, 0) is 11.0 Å². The molecule has 0 saturated heterocycles. The summed E-state index contributed by atoms with van der Waals surface area (Å²) in [6, 6.07) is 2.05. The van der Waals surface area contributed by atoms with Gasteiger partial charge in [0.2, 0.25) is 0 Å². The van der Waals surface area contributed by atoms with Crippen LogP contribution in [0.4, 0.5) is 17.6 Å². The molecular weight excluding hydrogens is 420 g/mol. The molecule has 176 valence electrons. The second-order valence-electron chi connectivity index (χ2n) is 10.0. The Morgan fingerprint density at radius 2 is 1.69 bits per heavy atom. The van der Waals surface area contributed by atoms with Crippen molar-refractivity contribution in [3.05, 3.63) is 42.2 Å². The first-order valence-corrected chi connectivity index (χ1v) is 12.0. The Bertz CT molecular complexity index is 826. The van der Waals surface area contributed by atoms with Gasteiger partial charge < -0.3 is 4.74 Å². The average Bonchev–Trinajstić information content (AvgIpc) is 2.79. The van der Waals surface area contributed by atoms with E-state index in [1.54, 1.807) is 0 Å². The number of alkyl halides is 3. The third-order valence-electron chi connectivity index (χ3n) is 8.28. The molecule has 0 N–H and O–H groups in total. The number of rotatable bonds is 4. The summed E-state index contributed by atoms with van der Waals surface area (Å²) < 4.78 is 57.7. The minimum atomic E-state index is -4.64. The molecule has 3 saturated carbocycles. The van der Waals surface area contributed by atoms with E-state index < -0.39 is 29.3 Å². The Balaban J connectivity index is 1.37. The van der Waals surface area contributed by atoms with Gasteiger partial charge in [-0.05, 0) is 99.2 Å². The number of benzene rings is 1. The van der Waals surface area contributed by atoms with Crippen LogP contribution in [0.1, 0.15) is 69.8 Å². The molecule has 0 aromatic heterocycles. The molecule has 32 heavy (non-hydrogen) atoms. The van der Waals surface area contributed by atoms with E-state index in [2.05, 4.69) is 12.7 Å². The van der Waals surface area contributed by atoms with E-state index in [9.17, 15) is 22.4 Å². The lowest BCUT2D eigenvalue weighted by molar-refractivity contribution is -0.144. The van der Waals surface area contributed by atoms with Crippen molar-refractivity contribution in [1.29, 1.82) is 0 Å². The highest BCUT2D eigenvalue weighted by Crippen LogP contribution is 2.50. The third-order valence-corrected chi connectivity index (χ3v) is 8.28. The van der Waals surface area contributed by atoms with Gasteiger partial charge in [0.1, 0.15) is 0 Å². The van der Waals surface area contributed by atoms with E-state index in [4.69, 9.17) is 4.74 Å². The first kappa shape index (κ1) is 23.3. The second-order valence-corrected chi connectivity index (χ2v) is 10.0. The fraction of sp³-hybridized carbons (Fsp3) is 0.654. The van der Waals surface area contributed by atoms with Gasteiger partial charge in [-0.25, -0.2) is 4.39 Å². The van der Waals surface area contributed by atoms with E-state index in [0.717, 1.165) is 50.2 Å². The number of hydrogen-bond donors (Lipinski definition) is 0. The zero-order chi connectivity index (χ0) is 22.9. The van der Waals surface area contributed by atoms with E-state index >= 15 is 0 Å². The SMILES string of the molecule is C=CC1CCC(C2CCC3C(CCCC3C(=O)Oc3ccc(C(F)(F)F)cc3F)C2)CC1. The molecule has 1 aromatic rings. The zero-order valence-corrected chi connectivity index (χ0v) is 18.4. The van der Waals surface area contributed by atoms with Crippen LogP contribution in [0.3, 0.4) is 0 Å². The Hall–Kier alpha value is -1.85. The van der Waals surface area contributed by atoms with Crippen molar-refractivity contribution in [3.63, 3.8) is 0 Å². The number of fused-ring (bicyclic) bond motifs is 1. The molecule has 4 atom stereocenters. The van der Waals surface area contributed by atoms with Crippen LogP contribution >= 0.6 is 0 Å². The van der Waals surface area contributed by atoms with Crippen LogP contribution in [0.5, 0.6) is 5.75 Å². The lowest BCUT2D eigenvalue weighted by Gasteiger charge is -2.45. The standard InChI is InChI=1S/C26H32F4O2/c1-2-16-6-8-17(9-7-16)18-10-12-21-19(14-18)4-3-5-22(21)25(31)32-24-13-11-20(15-23(24)27)26(28,29)30/h2,11,13,15-19,21-22H,1,3-10,12,14H2. The fourth-order valence-corrected chi connectivity index (χ4v) is 6.52. The molecule has 6 heteroatoms. The summed E-state index contributed by atoms with van der Waals surface area (Å²) in [6.45, 7) is 3.93. The van der Waals surface area contributed by atoms with Gasteiger partial charge in [0.25, 0.3) is 0 Å². The summed E-state index contributed by atoms with van der Waals surface area (Å²) >= 11 is 0. The van der Waals surface area contributed by atoms with Gasteiger partial charge >= 0.3 is 12.1 Å². The summed E-state index contributed by atoms with van der Waals surface area (Å²) in [6.07, 6.45) is 8.42. The highest BCUT2D eigenvalue weighted by atomic mass is 19.4. The molecule has 0 aliphatic heterocycles. The van der Waals surface area contributed by atoms with Crippen molar-refractivity contribution >= 4 is 5.97 Å². The summed E-state index contributed by atoms with van der Waals surface area (Å²) in [5.41, 5.74) is -1.09. The van der Waals surface area contributed by atoms with Crippen LogP contribution in [-0.4, -0.2) is 5.97 Å². The fourth-order valence-electron chi connectivity index (χ4n) is 6.52. The van der Waals surface area contributed by atoms with Crippen LogP contribution in [0, 0.1) is 41.3 Å². The van der Waals surface area contributed by atoms with Gasteiger partial charge in [0.05, 0.1) is 11.5 Å². The first-order chi connectivity index (χ1) is 15.3. The highest BCUT2D eigenvalue weighted by molar-refractivity contribution is 5.75. The monoisotopic (exact) mass is 452 g/mol. The molecule has 4 unspecified atom stereocenters. The van der Waals surface area contributed by atoms with Crippen molar-refractivity contribution in [3.8, 4) is 5.75 Å². The molecular formula is C26H32F4O2. The molecule has 0 heterocycles. The number of allylic oxidation sites excluding steroid dienone is 1. The summed E-state index contributed by atoms with van der Waals surface area (Å²) in [5.74, 6) is 0.476. The molecule has 1 aromatic carbocycles. The lowest BCUT2D eigenvalue weighted by Crippen LogP contribution is -2.40. The predicted octanol–water partition coefficient (Wildman–Crippen LogP) is 7.57. The Labute approximate surface area is 187 Å². The summed E-state index contributed by atoms with van der Waals surface area (Å²) in [4.78, 5) is 12.9. The molecule has 0 radical (unpaired) electrons. The van der Waals surface area contributed by atoms with Crippen molar-refractivity contribution < 1.29 is 27.1 Å². The van der Waals surface area contributed by atoms with Gasteiger partial charge in [-0.2, -0.15) is 13.2 Å². The van der Waals surface area contributed by atoms with Crippen LogP contribution in [0.25, 0.3) is 0 Å². The topological polar surface area (TPSA) is 26.3 Å². The minimum absolute atomic E-state index is 0.231. The number of carbonyl (C=O) groups excluding carboxylic acids is 1. The van der Waals surface area contributed by atoms with E-state index in [1.165, 1.54) is 25.7 Å². The van der Waals surface area contributed by atoms with Gasteiger partial charge in [0, 0.05) is 0 Å². The summed E-state index contributed by atoms with van der Waals surface area (Å²) in [7, 11) is 0.